The van der Waals surface area contributed by atoms with Crippen LogP contribution in [0.25, 0.3) is 0 Å². The number of carbonyl (C=O) groups excluding carboxylic acids is 1. The Morgan fingerprint density at radius 2 is 1.92 bits per heavy atom. The normalized spacial score (nSPS) is 16.8. The van der Waals surface area contributed by atoms with E-state index < -0.39 is 12.0 Å². The van der Waals surface area contributed by atoms with Gasteiger partial charge in [-0.3, -0.25) is 4.79 Å². The minimum Gasteiger partial charge on any atom is -0.489 e. The number of ether oxygens (including phenoxy) is 1. The molecule has 0 spiro atoms. The van der Waals surface area contributed by atoms with Crippen molar-refractivity contribution >= 4 is 11.9 Å². The molecule has 1 aliphatic rings. The van der Waals surface area contributed by atoms with Gasteiger partial charge < -0.3 is 14.7 Å². The van der Waals surface area contributed by atoms with Gasteiger partial charge in [-0.25, -0.2) is 4.79 Å². The van der Waals surface area contributed by atoms with Gasteiger partial charge in [0.05, 0.1) is 0 Å². The highest BCUT2D eigenvalue weighted by atomic mass is 16.5. The van der Waals surface area contributed by atoms with Crippen LogP contribution in [-0.4, -0.2) is 34.5 Å². The number of hydrogen-bond donors (Lipinski definition) is 1. The molecule has 5 heteroatoms. The van der Waals surface area contributed by atoms with Crippen molar-refractivity contribution in [2.45, 2.75) is 25.5 Å². The first-order valence-corrected chi connectivity index (χ1v) is 7.96. The van der Waals surface area contributed by atoms with Crippen molar-refractivity contribution in [3.05, 3.63) is 65.7 Å². The lowest BCUT2D eigenvalue weighted by Gasteiger charge is -2.21. The third-order valence-electron chi connectivity index (χ3n) is 4.13. The Kier molecular flexibility index (Phi) is 4.79. The van der Waals surface area contributed by atoms with E-state index in [1.165, 1.54) is 4.90 Å². The maximum absolute atomic E-state index is 12.6. The smallest absolute Gasteiger partial charge is 0.326 e. The SMILES string of the molecule is O=C(O)C1CCCN1C(=O)c1cccc(OCc2ccccc2)c1. The molecule has 1 atom stereocenters. The number of benzene rings is 2. The van der Waals surface area contributed by atoms with E-state index >= 15 is 0 Å². The summed E-state index contributed by atoms with van der Waals surface area (Å²) < 4.78 is 5.73. The number of carbonyl (C=O) groups is 2. The van der Waals surface area contributed by atoms with Crippen LogP contribution >= 0.6 is 0 Å². The number of nitrogens with zero attached hydrogens (tertiary/aromatic N) is 1. The Hall–Kier alpha value is -2.82. The van der Waals surface area contributed by atoms with E-state index in [0.29, 0.717) is 37.3 Å². The number of amides is 1. The molecule has 1 fully saturated rings. The zero-order valence-corrected chi connectivity index (χ0v) is 13.2. The molecule has 2 aromatic carbocycles. The summed E-state index contributed by atoms with van der Waals surface area (Å²) in [5.74, 6) is -0.613. The van der Waals surface area contributed by atoms with Crippen molar-refractivity contribution in [3.8, 4) is 5.75 Å². The van der Waals surface area contributed by atoms with Gasteiger partial charge in [0.1, 0.15) is 18.4 Å². The fraction of sp³-hybridized carbons (Fsp3) is 0.263. The molecule has 1 saturated heterocycles. The molecule has 1 aliphatic heterocycles. The second-order valence-corrected chi connectivity index (χ2v) is 5.80. The molecular weight excluding hydrogens is 306 g/mol. The van der Waals surface area contributed by atoms with E-state index in [-0.39, 0.29) is 5.91 Å². The first-order chi connectivity index (χ1) is 11.6. The third kappa shape index (κ3) is 3.56. The van der Waals surface area contributed by atoms with Crippen molar-refractivity contribution in [1.82, 2.24) is 4.90 Å². The largest absolute Gasteiger partial charge is 0.489 e. The summed E-state index contributed by atoms with van der Waals surface area (Å²) in [5, 5.41) is 9.23. The van der Waals surface area contributed by atoms with E-state index in [1.54, 1.807) is 24.3 Å². The highest BCUT2D eigenvalue weighted by Gasteiger charge is 2.34. The average molecular weight is 325 g/mol. The zero-order valence-electron chi connectivity index (χ0n) is 13.2. The van der Waals surface area contributed by atoms with Crippen LogP contribution < -0.4 is 4.74 Å². The minimum absolute atomic E-state index is 0.259. The highest BCUT2D eigenvalue weighted by molar-refractivity contribution is 5.97. The highest BCUT2D eigenvalue weighted by Crippen LogP contribution is 2.22. The molecule has 1 N–H and O–H groups in total. The summed E-state index contributed by atoms with van der Waals surface area (Å²) in [4.78, 5) is 25.3. The van der Waals surface area contributed by atoms with Gasteiger partial charge in [0.25, 0.3) is 5.91 Å². The van der Waals surface area contributed by atoms with Crippen LogP contribution in [0.4, 0.5) is 0 Å². The van der Waals surface area contributed by atoms with E-state index in [2.05, 4.69) is 0 Å². The number of aliphatic carboxylic acids is 1. The molecule has 0 saturated carbocycles. The molecule has 0 aliphatic carbocycles. The first kappa shape index (κ1) is 16.1. The molecule has 0 radical (unpaired) electrons. The lowest BCUT2D eigenvalue weighted by Crippen LogP contribution is -2.40. The monoisotopic (exact) mass is 325 g/mol. The maximum atomic E-state index is 12.6. The first-order valence-electron chi connectivity index (χ1n) is 7.96. The summed E-state index contributed by atoms with van der Waals surface area (Å²) in [5.41, 5.74) is 1.49. The Morgan fingerprint density at radius 1 is 1.12 bits per heavy atom. The van der Waals surface area contributed by atoms with Crippen molar-refractivity contribution in [3.63, 3.8) is 0 Å². The Morgan fingerprint density at radius 3 is 2.67 bits per heavy atom. The minimum atomic E-state index is -0.947. The summed E-state index contributed by atoms with van der Waals surface area (Å²) in [6, 6.07) is 15.9. The Bertz CT molecular complexity index is 729. The van der Waals surface area contributed by atoms with Gasteiger partial charge >= 0.3 is 5.97 Å². The molecule has 0 bridgehead atoms. The fourth-order valence-electron chi connectivity index (χ4n) is 2.89. The molecule has 1 heterocycles. The quantitative estimate of drug-likeness (QED) is 0.918. The maximum Gasteiger partial charge on any atom is 0.326 e. The van der Waals surface area contributed by atoms with Crippen molar-refractivity contribution in [2.75, 3.05) is 6.54 Å². The van der Waals surface area contributed by atoms with Gasteiger partial charge in [-0.2, -0.15) is 0 Å². The van der Waals surface area contributed by atoms with Gasteiger partial charge in [-0.05, 0) is 36.6 Å². The number of likely N-dealkylation sites (tertiary alicyclic amines) is 1. The average Bonchev–Trinajstić information content (AvgIpc) is 3.10. The predicted molar refractivity (Wildman–Crippen MR) is 88.9 cm³/mol. The van der Waals surface area contributed by atoms with Crippen LogP contribution in [0.1, 0.15) is 28.8 Å². The van der Waals surface area contributed by atoms with E-state index in [4.69, 9.17) is 4.74 Å². The number of hydrogen-bond acceptors (Lipinski definition) is 3. The Labute approximate surface area is 140 Å². The molecule has 124 valence electrons. The molecule has 24 heavy (non-hydrogen) atoms. The molecule has 2 aromatic rings. The lowest BCUT2D eigenvalue weighted by molar-refractivity contribution is -0.141. The van der Waals surface area contributed by atoms with E-state index in [0.717, 1.165) is 5.56 Å². The van der Waals surface area contributed by atoms with Crippen molar-refractivity contribution < 1.29 is 19.4 Å². The van der Waals surface area contributed by atoms with Crippen molar-refractivity contribution in [1.29, 1.82) is 0 Å². The topological polar surface area (TPSA) is 66.8 Å². The lowest BCUT2D eigenvalue weighted by atomic mass is 10.1. The molecule has 1 amide bonds. The fourth-order valence-corrected chi connectivity index (χ4v) is 2.89. The van der Waals surface area contributed by atoms with E-state index in [1.807, 2.05) is 30.3 Å². The molecular formula is C19H19NO4. The van der Waals surface area contributed by atoms with Crippen molar-refractivity contribution in [2.24, 2.45) is 0 Å². The van der Waals surface area contributed by atoms with Gasteiger partial charge in [0.2, 0.25) is 0 Å². The second-order valence-electron chi connectivity index (χ2n) is 5.80. The zero-order chi connectivity index (χ0) is 16.9. The molecule has 0 aromatic heterocycles. The second kappa shape index (κ2) is 7.17. The molecule has 1 unspecified atom stereocenters. The van der Waals surface area contributed by atoms with Crippen LogP contribution in [0.3, 0.4) is 0 Å². The summed E-state index contributed by atoms with van der Waals surface area (Å²) in [6.07, 6.45) is 1.22. The molecule has 5 nitrogen and oxygen atoms in total. The van der Waals surface area contributed by atoms with Gasteiger partial charge in [-0.1, -0.05) is 36.4 Å². The Balaban J connectivity index is 1.70. The summed E-state index contributed by atoms with van der Waals surface area (Å²) in [7, 11) is 0. The van der Waals surface area contributed by atoms with Gasteiger partial charge in [0.15, 0.2) is 0 Å². The number of rotatable bonds is 5. The van der Waals surface area contributed by atoms with Gasteiger partial charge in [-0.15, -0.1) is 0 Å². The van der Waals surface area contributed by atoms with Gasteiger partial charge in [0, 0.05) is 12.1 Å². The summed E-state index contributed by atoms with van der Waals surface area (Å²) >= 11 is 0. The molecule has 3 rings (SSSR count). The van der Waals surface area contributed by atoms with Crippen LogP contribution in [-0.2, 0) is 11.4 Å². The van der Waals surface area contributed by atoms with Crippen LogP contribution in [0.5, 0.6) is 5.75 Å². The van der Waals surface area contributed by atoms with E-state index in [9.17, 15) is 14.7 Å². The number of carboxylic acids is 1. The van der Waals surface area contributed by atoms with Crippen LogP contribution in [0.2, 0.25) is 0 Å². The predicted octanol–water partition coefficient (Wildman–Crippen LogP) is 2.95. The standard InChI is InChI=1S/C19H19NO4/c21-18(20-11-5-10-17(20)19(22)23)15-8-4-9-16(12-15)24-13-14-6-2-1-3-7-14/h1-4,6-9,12,17H,5,10-11,13H2,(H,22,23). The summed E-state index contributed by atoms with van der Waals surface area (Å²) in [6.45, 7) is 0.894. The third-order valence-corrected chi connectivity index (χ3v) is 4.13. The van der Waals surface area contributed by atoms with Crippen LogP contribution in [0, 0.1) is 0 Å². The number of carboxylic acid groups (broad SMARTS) is 1. The van der Waals surface area contributed by atoms with Crippen LogP contribution in [0.15, 0.2) is 54.6 Å².